The van der Waals surface area contributed by atoms with Gasteiger partial charge < -0.3 is 4.74 Å². The third-order valence-electron chi connectivity index (χ3n) is 4.69. The van der Waals surface area contributed by atoms with Crippen LogP contribution in [0.3, 0.4) is 0 Å². The number of hydrogen-bond donors (Lipinski definition) is 0. The van der Waals surface area contributed by atoms with Crippen molar-refractivity contribution in [3.05, 3.63) is 82.8 Å². The number of thiophene rings is 2. The summed E-state index contributed by atoms with van der Waals surface area (Å²) >= 11 is 6.92. The second kappa shape index (κ2) is 7.47. The molecule has 5 heteroatoms. The van der Waals surface area contributed by atoms with Gasteiger partial charge in [-0.3, -0.25) is 0 Å². The van der Waals surface area contributed by atoms with Crippen LogP contribution in [0.2, 0.25) is 0 Å². The van der Waals surface area contributed by atoms with Gasteiger partial charge >= 0.3 is 5.97 Å². The summed E-state index contributed by atoms with van der Waals surface area (Å²) in [5, 5.41) is 0. The standard InChI is InChI=1S/C23H19BrO2S2/c1-12-9-18(14(3)27-12)21-20(11-16-5-7-17(24)8-6-16)26-23(25)22(21)19-10-13(2)28-15(19)4/h5-11H,1-4H3/b20-11-. The Morgan fingerprint density at radius 1 is 0.857 bits per heavy atom. The molecule has 0 N–H and O–H groups in total. The van der Waals surface area contributed by atoms with E-state index in [2.05, 4.69) is 55.8 Å². The molecule has 142 valence electrons. The van der Waals surface area contributed by atoms with E-state index in [1.165, 1.54) is 14.6 Å². The van der Waals surface area contributed by atoms with E-state index in [0.29, 0.717) is 11.3 Å². The van der Waals surface area contributed by atoms with Crippen LogP contribution in [0.4, 0.5) is 0 Å². The van der Waals surface area contributed by atoms with E-state index in [0.717, 1.165) is 31.6 Å². The summed E-state index contributed by atoms with van der Waals surface area (Å²) in [7, 11) is 0. The van der Waals surface area contributed by atoms with Crippen LogP contribution in [0.5, 0.6) is 0 Å². The van der Waals surface area contributed by atoms with E-state index in [1.807, 2.05) is 30.3 Å². The van der Waals surface area contributed by atoms with Crippen molar-refractivity contribution in [2.24, 2.45) is 0 Å². The summed E-state index contributed by atoms with van der Waals surface area (Å²) in [6, 6.07) is 12.2. The van der Waals surface area contributed by atoms with Gasteiger partial charge in [0.25, 0.3) is 0 Å². The molecule has 1 aliphatic rings. The topological polar surface area (TPSA) is 26.3 Å². The molecule has 0 saturated carbocycles. The summed E-state index contributed by atoms with van der Waals surface area (Å²) in [6.07, 6.45) is 1.95. The van der Waals surface area contributed by atoms with Gasteiger partial charge in [-0.1, -0.05) is 28.1 Å². The molecule has 0 fully saturated rings. The average Bonchev–Trinajstić information content (AvgIpc) is 3.24. The number of aryl methyl sites for hydroxylation is 4. The zero-order valence-corrected chi connectivity index (χ0v) is 19.3. The maximum Gasteiger partial charge on any atom is 0.344 e. The Hall–Kier alpha value is -1.95. The first kappa shape index (κ1) is 19.4. The number of allylic oxidation sites excluding steroid dienone is 1. The van der Waals surface area contributed by atoms with Crippen LogP contribution < -0.4 is 0 Å². The number of benzene rings is 1. The average molecular weight is 471 g/mol. The second-order valence-corrected chi connectivity index (χ2v) is 10.7. The Bertz CT molecular complexity index is 1140. The first-order valence-electron chi connectivity index (χ1n) is 8.92. The fraction of sp³-hybridized carbons (Fsp3) is 0.174. The van der Waals surface area contributed by atoms with Gasteiger partial charge in [0, 0.05) is 40.7 Å². The van der Waals surface area contributed by atoms with E-state index in [1.54, 1.807) is 22.7 Å². The molecular formula is C23H19BrO2S2. The van der Waals surface area contributed by atoms with Gasteiger partial charge in [-0.2, -0.15) is 0 Å². The Kier molecular flexibility index (Phi) is 5.17. The van der Waals surface area contributed by atoms with Crippen molar-refractivity contribution in [3.63, 3.8) is 0 Å². The molecular weight excluding hydrogens is 452 g/mol. The fourth-order valence-electron chi connectivity index (χ4n) is 3.51. The van der Waals surface area contributed by atoms with Crippen molar-refractivity contribution >= 4 is 61.8 Å². The molecule has 3 heterocycles. The quantitative estimate of drug-likeness (QED) is 0.374. The highest BCUT2D eigenvalue weighted by molar-refractivity contribution is 9.10. The third-order valence-corrected chi connectivity index (χ3v) is 7.15. The predicted molar refractivity (Wildman–Crippen MR) is 123 cm³/mol. The minimum absolute atomic E-state index is 0.275. The van der Waals surface area contributed by atoms with Crippen molar-refractivity contribution in [1.29, 1.82) is 0 Å². The zero-order chi connectivity index (χ0) is 20.0. The van der Waals surface area contributed by atoms with Gasteiger partial charge in [0.2, 0.25) is 0 Å². The highest BCUT2D eigenvalue weighted by Crippen LogP contribution is 2.45. The first-order chi connectivity index (χ1) is 13.3. The number of cyclic esters (lactones) is 1. The summed E-state index contributed by atoms with van der Waals surface area (Å²) in [4.78, 5) is 17.7. The van der Waals surface area contributed by atoms with Crippen molar-refractivity contribution in [2.75, 3.05) is 0 Å². The van der Waals surface area contributed by atoms with Crippen LogP contribution in [-0.2, 0) is 9.53 Å². The molecule has 1 aromatic carbocycles. The molecule has 0 atom stereocenters. The lowest BCUT2D eigenvalue weighted by atomic mass is 9.94. The Morgan fingerprint density at radius 3 is 1.89 bits per heavy atom. The predicted octanol–water partition coefficient (Wildman–Crippen LogP) is 7.31. The number of carbonyl (C=O) groups excluding carboxylic acids is 1. The van der Waals surface area contributed by atoms with Gasteiger partial charge in [0.1, 0.15) is 5.76 Å². The minimum atomic E-state index is -0.275. The van der Waals surface area contributed by atoms with Crippen molar-refractivity contribution < 1.29 is 9.53 Å². The van der Waals surface area contributed by atoms with Crippen molar-refractivity contribution in [3.8, 4) is 0 Å². The van der Waals surface area contributed by atoms with Crippen molar-refractivity contribution in [2.45, 2.75) is 27.7 Å². The lowest BCUT2D eigenvalue weighted by Gasteiger charge is -2.06. The molecule has 3 aromatic rings. The molecule has 0 aliphatic carbocycles. The highest BCUT2D eigenvalue weighted by atomic mass is 79.9. The summed E-state index contributed by atoms with van der Waals surface area (Å²) in [5.74, 6) is 0.342. The molecule has 0 amide bonds. The minimum Gasteiger partial charge on any atom is -0.422 e. The smallest absolute Gasteiger partial charge is 0.344 e. The molecule has 4 rings (SSSR count). The zero-order valence-electron chi connectivity index (χ0n) is 16.1. The molecule has 1 aliphatic heterocycles. The van der Waals surface area contributed by atoms with Gasteiger partial charge in [-0.25, -0.2) is 4.79 Å². The van der Waals surface area contributed by atoms with Gasteiger partial charge in [0.05, 0.1) is 5.57 Å². The second-order valence-electron chi connectivity index (χ2n) is 6.85. The molecule has 0 bridgehead atoms. The third kappa shape index (κ3) is 3.54. The van der Waals surface area contributed by atoms with Crippen LogP contribution in [0.1, 0.15) is 36.2 Å². The normalized spacial score (nSPS) is 15.6. The van der Waals surface area contributed by atoms with Gasteiger partial charge in [-0.05, 0) is 63.6 Å². The Balaban J connectivity index is 1.97. The van der Waals surface area contributed by atoms with Gasteiger partial charge in [0.15, 0.2) is 0 Å². The number of ether oxygens (including phenoxy) is 1. The van der Waals surface area contributed by atoms with Crippen LogP contribution in [0.15, 0.2) is 46.6 Å². The molecule has 28 heavy (non-hydrogen) atoms. The molecule has 0 spiro atoms. The number of esters is 1. The van der Waals surface area contributed by atoms with Crippen LogP contribution in [0, 0.1) is 27.7 Å². The summed E-state index contributed by atoms with van der Waals surface area (Å²) < 4.78 is 6.82. The van der Waals surface area contributed by atoms with E-state index < -0.39 is 0 Å². The fourth-order valence-corrected chi connectivity index (χ4v) is 5.63. The van der Waals surface area contributed by atoms with Gasteiger partial charge in [-0.15, -0.1) is 22.7 Å². The SMILES string of the molecule is Cc1cc(C2=C(c3cc(C)sc3C)/C(=C/c3ccc(Br)cc3)OC2=O)c(C)s1. The molecule has 2 nitrogen and oxygen atoms in total. The molecule has 0 radical (unpaired) electrons. The van der Waals surface area contributed by atoms with Crippen molar-refractivity contribution in [1.82, 2.24) is 0 Å². The largest absolute Gasteiger partial charge is 0.422 e. The lowest BCUT2D eigenvalue weighted by Crippen LogP contribution is -1.98. The Morgan fingerprint density at radius 2 is 1.39 bits per heavy atom. The first-order valence-corrected chi connectivity index (χ1v) is 11.3. The number of carbonyl (C=O) groups is 1. The van der Waals surface area contributed by atoms with E-state index in [9.17, 15) is 4.79 Å². The van der Waals surface area contributed by atoms with Crippen LogP contribution in [0.25, 0.3) is 17.2 Å². The highest BCUT2D eigenvalue weighted by Gasteiger charge is 2.34. The van der Waals surface area contributed by atoms with E-state index in [-0.39, 0.29) is 5.97 Å². The summed E-state index contributed by atoms with van der Waals surface area (Å²) in [6.45, 7) is 8.33. The van der Waals surface area contributed by atoms with Crippen LogP contribution >= 0.6 is 38.6 Å². The van der Waals surface area contributed by atoms with E-state index in [4.69, 9.17) is 4.74 Å². The van der Waals surface area contributed by atoms with Crippen LogP contribution in [-0.4, -0.2) is 5.97 Å². The number of halogens is 1. The molecule has 0 saturated heterocycles. The maximum atomic E-state index is 13.0. The summed E-state index contributed by atoms with van der Waals surface area (Å²) in [5.41, 5.74) is 4.62. The Labute approximate surface area is 181 Å². The number of rotatable bonds is 3. The number of hydrogen-bond acceptors (Lipinski definition) is 4. The maximum absolute atomic E-state index is 13.0. The molecule has 2 aromatic heterocycles. The van der Waals surface area contributed by atoms with E-state index >= 15 is 0 Å². The lowest BCUT2D eigenvalue weighted by molar-refractivity contribution is -0.131. The monoisotopic (exact) mass is 470 g/mol. The molecule has 0 unspecified atom stereocenters.